The molecule has 0 aromatic heterocycles. The Labute approximate surface area is 111 Å². The molecule has 1 heterocycles. The molecule has 98 valence electrons. The minimum absolute atomic E-state index is 0.0505. The first-order valence-corrected chi connectivity index (χ1v) is 6.52. The van der Waals surface area contributed by atoms with Gasteiger partial charge in [0.05, 0.1) is 5.56 Å². The smallest absolute Gasteiger partial charge is 0.257 e. The number of aromatic hydroxyl groups is 2. The summed E-state index contributed by atoms with van der Waals surface area (Å²) in [6.45, 7) is 1.38. The molecule has 0 bridgehead atoms. The van der Waals surface area contributed by atoms with Crippen LogP contribution in [0.15, 0.2) is 18.2 Å². The van der Waals surface area contributed by atoms with Crippen molar-refractivity contribution in [2.45, 2.75) is 12.8 Å². The fraction of sp³-hybridized carbons (Fsp3) is 0.462. The summed E-state index contributed by atoms with van der Waals surface area (Å²) >= 11 is 5.70. The lowest BCUT2D eigenvalue weighted by atomic mass is 10.1. The molecule has 0 spiro atoms. The second-order valence-electron chi connectivity index (χ2n) is 4.58. The van der Waals surface area contributed by atoms with Gasteiger partial charge in [-0.25, -0.2) is 0 Å². The lowest BCUT2D eigenvalue weighted by Crippen LogP contribution is -2.28. The molecule has 1 amide bonds. The topological polar surface area (TPSA) is 60.8 Å². The SMILES string of the molecule is O=C(c1ccc(O)cc1O)N1CCC(CCCl)C1. The van der Waals surface area contributed by atoms with E-state index in [1.54, 1.807) is 4.90 Å². The molecule has 0 aliphatic carbocycles. The van der Waals surface area contributed by atoms with Crippen LogP contribution in [0.3, 0.4) is 0 Å². The Hall–Kier alpha value is -1.42. The Balaban J connectivity index is 2.08. The number of hydrogen-bond acceptors (Lipinski definition) is 3. The number of phenolic OH excluding ortho intramolecular Hbond substituents is 2. The second kappa shape index (κ2) is 5.48. The van der Waals surface area contributed by atoms with Crippen LogP contribution in [0.1, 0.15) is 23.2 Å². The first-order chi connectivity index (χ1) is 8.61. The lowest BCUT2D eigenvalue weighted by Gasteiger charge is -2.17. The van der Waals surface area contributed by atoms with Crippen LogP contribution in [0.2, 0.25) is 0 Å². The number of benzene rings is 1. The molecule has 2 rings (SSSR count). The summed E-state index contributed by atoms with van der Waals surface area (Å²) in [5, 5.41) is 18.9. The fourth-order valence-corrected chi connectivity index (χ4v) is 2.59. The third-order valence-electron chi connectivity index (χ3n) is 3.30. The summed E-state index contributed by atoms with van der Waals surface area (Å²) in [5.41, 5.74) is 0.235. The van der Waals surface area contributed by atoms with Crippen molar-refractivity contribution >= 4 is 17.5 Å². The van der Waals surface area contributed by atoms with Crippen molar-refractivity contribution in [3.63, 3.8) is 0 Å². The molecule has 0 radical (unpaired) electrons. The Bertz CT molecular complexity index is 450. The zero-order valence-electron chi connectivity index (χ0n) is 9.97. The maximum Gasteiger partial charge on any atom is 0.257 e. The van der Waals surface area contributed by atoms with E-state index in [-0.39, 0.29) is 23.0 Å². The van der Waals surface area contributed by atoms with Crippen LogP contribution in [0.5, 0.6) is 11.5 Å². The van der Waals surface area contributed by atoms with Gasteiger partial charge >= 0.3 is 0 Å². The highest BCUT2D eigenvalue weighted by Gasteiger charge is 2.27. The van der Waals surface area contributed by atoms with Crippen LogP contribution in [0.4, 0.5) is 0 Å². The Kier molecular flexibility index (Phi) is 3.97. The number of carbonyl (C=O) groups is 1. The van der Waals surface area contributed by atoms with E-state index in [1.165, 1.54) is 18.2 Å². The third-order valence-corrected chi connectivity index (χ3v) is 3.52. The van der Waals surface area contributed by atoms with E-state index < -0.39 is 0 Å². The van der Waals surface area contributed by atoms with Crippen molar-refractivity contribution in [2.75, 3.05) is 19.0 Å². The van der Waals surface area contributed by atoms with Gasteiger partial charge in [0.15, 0.2) is 0 Å². The largest absolute Gasteiger partial charge is 0.508 e. The second-order valence-corrected chi connectivity index (χ2v) is 4.96. The van der Waals surface area contributed by atoms with Gasteiger partial charge in [-0.15, -0.1) is 11.6 Å². The maximum atomic E-state index is 12.2. The normalized spacial score (nSPS) is 19.2. The molecule has 4 nitrogen and oxygen atoms in total. The van der Waals surface area contributed by atoms with Gasteiger partial charge in [0, 0.05) is 25.0 Å². The van der Waals surface area contributed by atoms with Crippen LogP contribution in [0, 0.1) is 5.92 Å². The summed E-state index contributed by atoms with van der Waals surface area (Å²) in [4.78, 5) is 13.9. The highest BCUT2D eigenvalue weighted by molar-refractivity contribution is 6.17. The number of hydrogen-bond donors (Lipinski definition) is 2. The molecule has 1 fully saturated rings. The number of halogens is 1. The quantitative estimate of drug-likeness (QED) is 0.827. The number of phenols is 2. The van der Waals surface area contributed by atoms with Gasteiger partial charge in [0.1, 0.15) is 11.5 Å². The van der Waals surface area contributed by atoms with Crippen LogP contribution < -0.4 is 0 Å². The third kappa shape index (κ3) is 2.70. The molecule has 1 aliphatic heterocycles. The zero-order valence-corrected chi connectivity index (χ0v) is 10.7. The van der Waals surface area contributed by atoms with Gasteiger partial charge in [0.25, 0.3) is 5.91 Å². The van der Waals surface area contributed by atoms with Gasteiger partial charge < -0.3 is 15.1 Å². The number of nitrogens with zero attached hydrogens (tertiary/aromatic N) is 1. The summed E-state index contributed by atoms with van der Waals surface area (Å²) in [5.74, 6) is 0.638. The molecule has 1 atom stereocenters. The van der Waals surface area contributed by atoms with E-state index >= 15 is 0 Å². The molecule has 0 saturated carbocycles. The highest BCUT2D eigenvalue weighted by Crippen LogP contribution is 2.27. The Morgan fingerprint density at radius 2 is 2.22 bits per heavy atom. The van der Waals surface area contributed by atoms with Crippen molar-refractivity contribution in [3.8, 4) is 11.5 Å². The van der Waals surface area contributed by atoms with Crippen molar-refractivity contribution in [2.24, 2.45) is 5.92 Å². The lowest BCUT2D eigenvalue weighted by molar-refractivity contribution is 0.0784. The van der Waals surface area contributed by atoms with Gasteiger partial charge in [-0.05, 0) is 30.9 Å². The molecular weight excluding hydrogens is 254 g/mol. The van der Waals surface area contributed by atoms with Gasteiger partial charge in [-0.2, -0.15) is 0 Å². The van der Waals surface area contributed by atoms with Crippen molar-refractivity contribution in [1.29, 1.82) is 0 Å². The molecule has 18 heavy (non-hydrogen) atoms. The molecule has 1 aliphatic rings. The van der Waals surface area contributed by atoms with E-state index in [1.807, 2.05) is 0 Å². The fourth-order valence-electron chi connectivity index (χ4n) is 2.28. The van der Waals surface area contributed by atoms with Crippen LogP contribution in [-0.2, 0) is 0 Å². The number of rotatable bonds is 3. The van der Waals surface area contributed by atoms with Crippen LogP contribution >= 0.6 is 11.6 Å². The highest BCUT2D eigenvalue weighted by atomic mass is 35.5. The number of amides is 1. The molecule has 1 aromatic rings. The van der Waals surface area contributed by atoms with Crippen molar-refractivity contribution in [1.82, 2.24) is 4.90 Å². The van der Waals surface area contributed by atoms with E-state index in [0.717, 1.165) is 12.8 Å². The standard InChI is InChI=1S/C13H16ClNO3/c14-5-3-9-4-6-15(8-9)13(18)11-2-1-10(16)7-12(11)17/h1-2,7,9,16-17H,3-6,8H2. The van der Waals surface area contributed by atoms with E-state index in [4.69, 9.17) is 11.6 Å². The summed E-state index contributed by atoms with van der Waals surface area (Å²) in [6.07, 6.45) is 1.87. The first kappa shape index (κ1) is 13.0. The summed E-state index contributed by atoms with van der Waals surface area (Å²) in [7, 11) is 0. The predicted octanol–water partition coefficient (Wildman–Crippen LogP) is 2.19. The van der Waals surface area contributed by atoms with Gasteiger partial charge in [0.2, 0.25) is 0 Å². The summed E-state index contributed by atoms with van der Waals surface area (Å²) in [6, 6.07) is 4.03. The monoisotopic (exact) mass is 269 g/mol. The minimum atomic E-state index is -0.190. The maximum absolute atomic E-state index is 12.2. The number of likely N-dealkylation sites (tertiary alicyclic amines) is 1. The first-order valence-electron chi connectivity index (χ1n) is 5.99. The van der Waals surface area contributed by atoms with Gasteiger partial charge in [-0.1, -0.05) is 0 Å². The van der Waals surface area contributed by atoms with E-state index in [0.29, 0.717) is 24.9 Å². The molecular formula is C13H16ClNO3. The summed E-state index contributed by atoms with van der Waals surface area (Å²) < 4.78 is 0. The molecule has 2 N–H and O–H groups in total. The van der Waals surface area contributed by atoms with Crippen molar-refractivity contribution < 1.29 is 15.0 Å². The van der Waals surface area contributed by atoms with E-state index in [9.17, 15) is 15.0 Å². The molecule has 1 saturated heterocycles. The average molecular weight is 270 g/mol. The van der Waals surface area contributed by atoms with Crippen molar-refractivity contribution in [3.05, 3.63) is 23.8 Å². The molecule has 5 heteroatoms. The van der Waals surface area contributed by atoms with E-state index in [2.05, 4.69) is 0 Å². The van der Waals surface area contributed by atoms with Crippen LogP contribution in [-0.4, -0.2) is 40.0 Å². The average Bonchev–Trinajstić information content (AvgIpc) is 2.77. The minimum Gasteiger partial charge on any atom is -0.508 e. The van der Waals surface area contributed by atoms with Gasteiger partial charge in [-0.3, -0.25) is 4.79 Å². The molecule has 1 aromatic carbocycles. The predicted molar refractivity (Wildman–Crippen MR) is 69.1 cm³/mol. The Morgan fingerprint density at radius 3 is 2.89 bits per heavy atom. The number of alkyl halides is 1. The zero-order chi connectivity index (χ0) is 13.1. The Morgan fingerprint density at radius 1 is 1.44 bits per heavy atom. The molecule has 1 unspecified atom stereocenters. The van der Waals surface area contributed by atoms with Crippen LogP contribution in [0.25, 0.3) is 0 Å². The number of carbonyl (C=O) groups excluding carboxylic acids is 1.